The second-order valence-corrected chi connectivity index (χ2v) is 3.99. The van der Waals surface area contributed by atoms with Crippen LogP contribution in [0.3, 0.4) is 0 Å². The quantitative estimate of drug-likeness (QED) is 0.773. The summed E-state index contributed by atoms with van der Waals surface area (Å²) in [6, 6.07) is 8.00. The molecule has 0 bridgehead atoms. The molecule has 0 aliphatic heterocycles. The molecule has 2 unspecified atom stereocenters. The second kappa shape index (κ2) is 6.51. The molecule has 0 aliphatic carbocycles. The minimum Gasteiger partial charge on any atom is -0.496 e. The first-order valence-corrected chi connectivity index (χ1v) is 5.77. The average molecular weight is 222 g/mol. The monoisotopic (exact) mass is 222 g/mol. The molecule has 0 fully saturated rings. The van der Waals surface area contributed by atoms with Crippen LogP contribution in [0.4, 0.5) is 0 Å². The number of rotatable bonds is 6. The maximum atomic E-state index is 6.29. The van der Waals surface area contributed by atoms with E-state index in [0.29, 0.717) is 5.92 Å². The van der Waals surface area contributed by atoms with E-state index in [9.17, 15) is 0 Å². The molecule has 3 heteroatoms. The summed E-state index contributed by atoms with van der Waals surface area (Å²) >= 11 is 0. The van der Waals surface area contributed by atoms with Gasteiger partial charge in [0.15, 0.2) is 0 Å². The van der Waals surface area contributed by atoms with E-state index in [2.05, 4.69) is 12.2 Å². The van der Waals surface area contributed by atoms with Crippen LogP contribution in [0.15, 0.2) is 24.3 Å². The van der Waals surface area contributed by atoms with Gasteiger partial charge >= 0.3 is 0 Å². The van der Waals surface area contributed by atoms with Crippen LogP contribution in [0.1, 0.15) is 24.9 Å². The summed E-state index contributed by atoms with van der Waals surface area (Å²) in [6.45, 7) is 3.09. The Balaban J connectivity index is 2.88. The molecular weight excluding hydrogens is 200 g/mol. The lowest BCUT2D eigenvalue weighted by molar-refractivity contribution is 0.371. The van der Waals surface area contributed by atoms with Crippen LogP contribution in [0, 0.1) is 5.92 Å². The molecule has 16 heavy (non-hydrogen) atoms. The van der Waals surface area contributed by atoms with Gasteiger partial charge in [0, 0.05) is 11.6 Å². The standard InChI is InChI=1S/C13H22N2O/c1-4-10(9-15-2)13(14)11-7-5-6-8-12(11)16-3/h5-8,10,13,15H,4,9,14H2,1-3H3. The summed E-state index contributed by atoms with van der Waals surface area (Å²) in [5, 5.41) is 3.19. The van der Waals surface area contributed by atoms with Gasteiger partial charge in [-0.2, -0.15) is 0 Å². The Labute approximate surface area is 98.0 Å². The third-order valence-corrected chi connectivity index (χ3v) is 3.00. The minimum atomic E-state index is 0.0219. The van der Waals surface area contributed by atoms with Gasteiger partial charge in [0.1, 0.15) is 5.75 Å². The molecule has 3 N–H and O–H groups in total. The van der Waals surface area contributed by atoms with Gasteiger partial charge in [-0.1, -0.05) is 31.5 Å². The highest BCUT2D eigenvalue weighted by atomic mass is 16.5. The SMILES string of the molecule is CCC(CNC)C(N)c1ccccc1OC. The molecule has 90 valence electrons. The Bertz CT molecular complexity index is 315. The van der Waals surface area contributed by atoms with Crippen LogP contribution in [0.2, 0.25) is 0 Å². The van der Waals surface area contributed by atoms with Crippen molar-refractivity contribution in [1.82, 2.24) is 5.32 Å². The Hall–Kier alpha value is -1.06. The fourth-order valence-electron chi connectivity index (χ4n) is 1.98. The Kier molecular flexibility index (Phi) is 5.29. The van der Waals surface area contributed by atoms with Gasteiger partial charge in [0.2, 0.25) is 0 Å². The summed E-state index contributed by atoms with van der Waals surface area (Å²) < 4.78 is 5.34. The van der Waals surface area contributed by atoms with Crippen LogP contribution >= 0.6 is 0 Å². The molecule has 1 rings (SSSR count). The molecule has 2 atom stereocenters. The van der Waals surface area contributed by atoms with Crippen molar-refractivity contribution in [2.24, 2.45) is 11.7 Å². The number of hydrogen-bond donors (Lipinski definition) is 2. The van der Waals surface area contributed by atoms with Crippen molar-refractivity contribution in [3.8, 4) is 5.75 Å². The van der Waals surface area contributed by atoms with Gasteiger partial charge in [0.25, 0.3) is 0 Å². The number of nitrogens with two attached hydrogens (primary N) is 1. The van der Waals surface area contributed by atoms with E-state index < -0.39 is 0 Å². The van der Waals surface area contributed by atoms with Crippen molar-refractivity contribution in [3.63, 3.8) is 0 Å². The zero-order valence-electron chi connectivity index (χ0n) is 10.4. The molecule has 0 aliphatic rings. The van der Waals surface area contributed by atoms with E-state index in [1.807, 2.05) is 31.3 Å². The van der Waals surface area contributed by atoms with Crippen LogP contribution < -0.4 is 15.8 Å². The molecule has 0 aromatic heterocycles. The number of hydrogen-bond acceptors (Lipinski definition) is 3. The Morgan fingerprint density at radius 3 is 2.62 bits per heavy atom. The van der Waals surface area contributed by atoms with E-state index >= 15 is 0 Å². The highest BCUT2D eigenvalue weighted by molar-refractivity contribution is 5.36. The predicted molar refractivity (Wildman–Crippen MR) is 67.6 cm³/mol. The van der Waals surface area contributed by atoms with Crippen molar-refractivity contribution in [2.75, 3.05) is 20.7 Å². The third-order valence-electron chi connectivity index (χ3n) is 3.00. The lowest BCUT2D eigenvalue weighted by atomic mass is 9.91. The van der Waals surface area contributed by atoms with Crippen molar-refractivity contribution < 1.29 is 4.74 Å². The van der Waals surface area contributed by atoms with Gasteiger partial charge in [-0.3, -0.25) is 0 Å². The van der Waals surface area contributed by atoms with Crippen molar-refractivity contribution >= 4 is 0 Å². The summed E-state index contributed by atoms with van der Waals surface area (Å²) in [5.74, 6) is 1.31. The summed E-state index contributed by atoms with van der Waals surface area (Å²) in [7, 11) is 3.64. The van der Waals surface area contributed by atoms with E-state index in [0.717, 1.165) is 24.3 Å². The fourth-order valence-corrected chi connectivity index (χ4v) is 1.98. The van der Waals surface area contributed by atoms with Gasteiger partial charge < -0.3 is 15.8 Å². The number of nitrogens with one attached hydrogen (secondary N) is 1. The van der Waals surface area contributed by atoms with Crippen LogP contribution in [-0.2, 0) is 0 Å². The van der Waals surface area contributed by atoms with E-state index in [1.165, 1.54) is 0 Å². The van der Waals surface area contributed by atoms with Gasteiger partial charge in [-0.05, 0) is 25.6 Å². The second-order valence-electron chi connectivity index (χ2n) is 3.99. The van der Waals surface area contributed by atoms with Gasteiger partial charge in [-0.15, -0.1) is 0 Å². The zero-order chi connectivity index (χ0) is 12.0. The number of ether oxygens (including phenoxy) is 1. The number of methoxy groups -OCH3 is 1. The fraction of sp³-hybridized carbons (Fsp3) is 0.538. The molecular formula is C13H22N2O. The molecule has 0 spiro atoms. The lowest BCUT2D eigenvalue weighted by Gasteiger charge is -2.24. The van der Waals surface area contributed by atoms with Crippen molar-refractivity contribution in [2.45, 2.75) is 19.4 Å². The van der Waals surface area contributed by atoms with E-state index in [4.69, 9.17) is 10.5 Å². The number of benzene rings is 1. The molecule has 1 aromatic rings. The topological polar surface area (TPSA) is 47.3 Å². The Morgan fingerprint density at radius 2 is 2.06 bits per heavy atom. The maximum Gasteiger partial charge on any atom is 0.123 e. The summed E-state index contributed by atoms with van der Waals surface area (Å²) in [4.78, 5) is 0. The van der Waals surface area contributed by atoms with E-state index in [1.54, 1.807) is 7.11 Å². The molecule has 0 amide bonds. The van der Waals surface area contributed by atoms with Crippen LogP contribution in [0.25, 0.3) is 0 Å². The molecule has 3 nitrogen and oxygen atoms in total. The van der Waals surface area contributed by atoms with E-state index in [-0.39, 0.29) is 6.04 Å². The highest BCUT2D eigenvalue weighted by Gasteiger charge is 2.19. The third kappa shape index (κ3) is 2.97. The Morgan fingerprint density at radius 1 is 1.38 bits per heavy atom. The first-order chi connectivity index (χ1) is 7.74. The summed E-state index contributed by atoms with van der Waals surface area (Å²) in [5.41, 5.74) is 7.38. The van der Waals surface area contributed by atoms with Crippen molar-refractivity contribution in [1.29, 1.82) is 0 Å². The average Bonchev–Trinajstić information content (AvgIpc) is 2.35. The smallest absolute Gasteiger partial charge is 0.123 e. The van der Waals surface area contributed by atoms with Crippen LogP contribution in [0.5, 0.6) is 5.75 Å². The largest absolute Gasteiger partial charge is 0.496 e. The maximum absolute atomic E-state index is 6.29. The summed E-state index contributed by atoms with van der Waals surface area (Å²) in [6.07, 6.45) is 1.06. The normalized spacial score (nSPS) is 14.5. The first kappa shape index (κ1) is 13.0. The van der Waals surface area contributed by atoms with Gasteiger partial charge in [-0.25, -0.2) is 0 Å². The minimum absolute atomic E-state index is 0.0219. The molecule has 0 heterocycles. The first-order valence-electron chi connectivity index (χ1n) is 5.77. The van der Waals surface area contributed by atoms with Crippen molar-refractivity contribution in [3.05, 3.63) is 29.8 Å². The lowest BCUT2D eigenvalue weighted by Crippen LogP contribution is -2.29. The number of para-hydroxylation sites is 1. The molecule has 0 saturated heterocycles. The predicted octanol–water partition coefficient (Wildman–Crippen LogP) is 1.94. The molecule has 0 saturated carbocycles. The zero-order valence-corrected chi connectivity index (χ0v) is 10.4. The van der Waals surface area contributed by atoms with Crippen LogP contribution in [-0.4, -0.2) is 20.7 Å². The highest BCUT2D eigenvalue weighted by Crippen LogP contribution is 2.29. The molecule has 1 aromatic carbocycles. The van der Waals surface area contributed by atoms with Gasteiger partial charge in [0.05, 0.1) is 7.11 Å². The molecule has 0 radical (unpaired) electrons.